The summed E-state index contributed by atoms with van der Waals surface area (Å²) < 4.78 is 0. The van der Waals surface area contributed by atoms with Gasteiger partial charge in [-0.2, -0.15) is 0 Å². The molecule has 2 aromatic rings. The van der Waals surface area contributed by atoms with E-state index in [0.717, 1.165) is 43.6 Å². The fourth-order valence-corrected chi connectivity index (χ4v) is 4.30. The van der Waals surface area contributed by atoms with Gasteiger partial charge < -0.3 is 15.5 Å². The third-order valence-electron chi connectivity index (χ3n) is 5.83. The highest BCUT2D eigenvalue weighted by Crippen LogP contribution is 2.42. The molecule has 0 unspecified atom stereocenters. The molecule has 0 bridgehead atoms. The van der Waals surface area contributed by atoms with Crippen LogP contribution in [-0.4, -0.2) is 36.4 Å². The number of hydrogen-bond acceptors (Lipinski definition) is 4. The molecule has 2 N–H and O–H groups in total. The minimum Gasteiger partial charge on any atom is -0.353 e. The molecule has 146 valence electrons. The van der Waals surface area contributed by atoms with Gasteiger partial charge in [0.15, 0.2) is 0 Å². The van der Waals surface area contributed by atoms with Gasteiger partial charge in [-0.05, 0) is 37.5 Å². The second-order valence-corrected chi connectivity index (χ2v) is 7.79. The lowest BCUT2D eigenvalue weighted by molar-refractivity contribution is -0.121. The van der Waals surface area contributed by atoms with E-state index in [4.69, 9.17) is 0 Å². The van der Waals surface area contributed by atoms with Gasteiger partial charge in [0.05, 0.1) is 23.8 Å². The van der Waals surface area contributed by atoms with E-state index >= 15 is 0 Å². The SMILES string of the molecule is Cc1cccc(C2(C(=O)Nc3ccc(N4CCNC(=O)C4)nc3)CCCC2)c1. The summed E-state index contributed by atoms with van der Waals surface area (Å²) in [5.74, 6) is 0.802. The summed E-state index contributed by atoms with van der Waals surface area (Å²) in [4.78, 5) is 31.2. The molecular formula is C22H26N4O2. The number of amides is 2. The maximum atomic E-state index is 13.3. The summed E-state index contributed by atoms with van der Waals surface area (Å²) in [5.41, 5.74) is 2.50. The Kier molecular flexibility index (Phi) is 5.03. The van der Waals surface area contributed by atoms with E-state index in [1.165, 1.54) is 5.56 Å². The van der Waals surface area contributed by atoms with Crippen LogP contribution in [0.15, 0.2) is 42.6 Å². The van der Waals surface area contributed by atoms with Crippen molar-refractivity contribution in [3.05, 3.63) is 53.7 Å². The molecule has 1 aromatic carbocycles. The van der Waals surface area contributed by atoms with Crippen LogP contribution in [0.25, 0.3) is 0 Å². The number of carbonyl (C=O) groups is 2. The molecule has 2 aliphatic rings. The summed E-state index contributed by atoms with van der Waals surface area (Å²) >= 11 is 0. The Morgan fingerprint density at radius 3 is 2.71 bits per heavy atom. The van der Waals surface area contributed by atoms with Crippen molar-refractivity contribution in [1.29, 1.82) is 0 Å². The Bertz CT molecular complexity index is 872. The fraction of sp³-hybridized carbons (Fsp3) is 0.409. The summed E-state index contributed by atoms with van der Waals surface area (Å²) in [6.45, 7) is 3.74. The highest BCUT2D eigenvalue weighted by atomic mass is 16.2. The van der Waals surface area contributed by atoms with Gasteiger partial charge >= 0.3 is 0 Å². The van der Waals surface area contributed by atoms with Crippen LogP contribution < -0.4 is 15.5 Å². The first-order chi connectivity index (χ1) is 13.6. The number of nitrogens with one attached hydrogen (secondary N) is 2. The molecule has 1 saturated carbocycles. The van der Waals surface area contributed by atoms with Crippen LogP contribution in [0, 0.1) is 6.92 Å². The minimum absolute atomic E-state index is 0.00626. The number of nitrogens with zero attached hydrogens (tertiary/aromatic N) is 2. The number of anilines is 2. The highest BCUT2D eigenvalue weighted by Gasteiger charge is 2.42. The monoisotopic (exact) mass is 378 g/mol. The zero-order valence-electron chi connectivity index (χ0n) is 16.2. The number of rotatable bonds is 4. The zero-order valence-corrected chi connectivity index (χ0v) is 16.2. The van der Waals surface area contributed by atoms with Gasteiger partial charge in [0.25, 0.3) is 0 Å². The molecule has 0 atom stereocenters. The molecule has 2 fully saturated rings. The number of hydrogen-bond donors (Lipinski definition) is 2. The number of benzene rings is 1. The molecule has 1 aromatic heterocycles. The first-order valence-electron chi connectivity index (χ1n) is 9.93. The van der Waals surface area contributed by atoms with Crippen molar-refractivity contribution >= 4 is 23.3 Å². The van der Waals surface area contributed by atoms with Gasteiger partial charge in [0.2, 0.25) is 11.8 Å². The number of pyridine rings is 1. The van der Waals surface area contributed by atoms with Crippen LogP contribution in [0.2, 0.25) is 0 Å². The van der Waals surface area contributed by atoms with Crippen LogP contribution in [0.5, 0.6) is 0 Å². The van der Waals surface area contributed by atoms with Crippen molar-refractivity contribution in [2.24, 2.45) is 0 Å². The van der Waals surface area contributed by atoms with E-state index in [9.17, 15) is 9.59 Å². The Morgan fingerprint density at radius 1 is 1.21 bits per heavy atom. The first-order valence-corrected chi connectivity index (χ1v) is 9.93. The van der Waals surface area contributed by atoms with Crippen molar-refractivity contribution in [1.82, 2.24) is 10.3 Å². The second kappa shape index (κ2) is 7.62. The van der Waals surface area contributed by atoms with Crippen LogP contribution >= 0.6 is 0 Å². The standard InChI is InChI=1S/C22H26N4O2/c1-16-5-4-6-17(13-16)22(9-2-3-10-22)21(28)25-18-7-8-19(24-14-18)26-12-11-23-20(27)15-26/h4-8,13-14H,2-3,9-12,15H2,1H3,(H,23,27)(H,25,28). The van der Waals surface area contributed by atoms with E-state index in [1.54, 1.807) is 6.20 Å². The van der Waals surface area contributed by atoms with Crippen LogP contribution in [0.4, 0.5) is 11.5 Å². The molecule has 1 aliphatic carbocycles. The highest BCUT2D eigenvalue weighted by molar-refractivity contribution is 5.99. The molecule has 6 heteroatoms. The largest absolute Gasteiger partial charge is 0.353 e. The van der Waals surface area contributed by atoms with E-state index in [-0.39, 0.29) is 11.8 Å². The molecular weight excluding hydrogens is 352 g/mol. The van der Waals surface area contributed by atoms with Crippen molar-refractivity contribution < 1.29 is 9.59 Å². The Balaban J connectivity index is 1.51. The van der Waals surface area contributed by atoms with Crippen LogP contribution in [-0.2, 0) is 15.0 Å². The fourth-order valence-electron chi connectivity index (χ4n) is 4.30. The van der Waals surface area contributed by atoms with E-state index in [0.29, 0.717) is 18.8 Å². The molecule has 28 heavy (non-hydrogen) atoms. The van der Waals surface area contributed by atoms with Gasteiger partial charge in [-0.3, -0.25) is 9.59 Å². The summed E-state index contributed by atoms with van der Waals surface area (Å²) in [5, 5.41) is 5.89. The van der Waals surface area contributed by atoms with Crippen LogP contribution in [0.1, 0.15) is 36.8 Å². The third kappa shape index (κ3) is 3.59. The predicted molar refractivity (Wildman–Crippen MR) is 109 cm³/mol. The van der Waals surface area contributed by atoms with Gasteiger partial charge in [-0.15, -0.1) is 0 Å². The lowest BCUT2D eigenvalue weighted by Gasteiger charge is -2.29. The molecule has 0 radical (unpaired) electrons. The summed E-state index contributed by atoms with van der Waals surface area (Å²) in [6.07, 6.45) is 5.55. The maximum Gasteiger partial charge on any atom is 0.239 e. The lowest BCUT2D eigenvalue weighted by atomic mass is 9.77. The maximum absolute atomic E-state index is 13.3. The van der Waals surface area contributed by atoms with Gasteiger partial charge in [0, 0.05) is 13.1 Å². The van der Waals surface area contributed by atoms with Gasteiger partial charge in [0.1, 0.15) is 5.82 Å². The van der Waals surface area contributed by atoms with E-state index < -0.39 is 5.41 Å². The average molecular weight is 378 g/mol. The van der Waals surface area contributed by atoms with Gasteiger partial charge in [-0.1, -0.05) is 42.7 Å². The number of carbonyl (C=O) groups excluding carboxylic acids is 2. The Labute approximate surface area is 165 Å². The van der Waals surface area contributed by atoms with E-state index in [1.807, 2.05) is 23.1 Å². The quantitative estimate of drug-likeness (QED) is 0.858. The minimum atomic E-state index is -0.463. The normalized spacial score (nSPS) is 18.6. The molecule has 6 nitrogen and oxygen atoms in total. The summed E-state index contributed by atoms with van der Waals surface area (Å²) in [6, 6.07) is 12.0. The Hall–Kier alpha value is -2.89. The number of aromatic nitrogens is 1. The second-order valence-electron chi connectivity index (χ2n) is 7.79. The van der Waals surface area contributed by atoms with Crippen molar-refractivity contribution in [2.75, 3.05) is 29.9 Å². The predicted octanol–water partition coefficient (Wildman–Crippen LogP) is 2.78. The average Bonchev–Trinajstić information content (AvgIpc) is 3.20. The molecule has 4 rings (SSSR count). The molecule has 2 amide bonds. The lowest BCUT2D eigenvalue weighted by Crippen LogP contribution is -2.48. The zero-order chi connectivity index (χ0) is 19.6. The van der Waals surface area contributed by atoms with Crippen molar-refractivity contribution in [2.45, 2.75) is 38.0 Å². The van der Waals surface area contributed by atoms with Crippen molar-refractivity contribution in [3.8, 4) is 0 Å². The topological polar surface area (TPSA) is 74.3 Å². The van der Waals surface area contributed by atoms with Gasteiger partial charge in [-0.25, -0.2) is 4.98 Å². The molecule has 2 heterocycles. The molecule has 1 aliphatic heterocycles. The van der Waals surface area contributed by atoms with E-state index in [2.05, 4.69) is 40.7 Å². The Morgan fingerprint density at radius 2 is 2.04 bits per heavy atom. The summed E-state index contributed by atoms with van der Waals surface area (Å²) in [7, 11) is 0. The third-order valence-corrected chi connectivity index (χ3v) is 5.83. The molecule has 1 saturated heterocycles. The number of piperazine rings is 1. The van der Waals surface area contributed by atoms with Crippen LogP contribution in [0.3, 0.4) is 0 Å². The van der Waals surface area contributed by atoms with Crippen molar-refractivity contribution in [3.63, 3.8) is 0 Å². The molecule has 0 spiro atoms. The number of aryl methyl sites for hydroxylation is 1. The smallest absolute Gasteiger partial charge is 0.239 e. The first kappa shape index (κ1) is 18.5.